The molecule has 6 nitrogen and oxygen atoms in total. The molecular weight excluding hydrogens is 683 g/mol. The molecule has 1 aromatic heterocycles. The molecule has 0 aliphatic heterocycles. The molecule has 4 aromatic rings. The highest BCUT2D eigenvalue weighted by molar-refractivity contribution is 7.98. The van der Waals surface area contributed by atoms with E-state index >= 15 is 0 Å². The predicted molar refractivity (Wildman–Crippen MR) is 166 cm³/mol. The summed E-state index contributed by atoms with van der Waals surface area (Å²) in [5, 5.41) is 5.63. The Labute approximate surface area is 270 Å². The smallest absolute Gasteiger partial charge is 0.349 e. The highest BCUT2D eigenvalue weighted by Gasteiger charge is 2.73. The van der Waals surface area contributed by atoms with Crippen molar-refractivity contribution in [3.63, 3.8) is 0 Å². The van der Waals surface area contributed by atoms with Gasteiger partial charge in [-0.15, -0.1) is 0 Å². The monoisotopic (exact) mass is 707 g/mol. The lowest BCUT2D eigenvalue weighted by atomic mass is 9.94. The number of hydrogen-bond donors (Lipinski definition) is 2. The number of nitrogens with zero attached hydrogens (tertiary/aromatic N) is 1. The summed E-state index contributed by atoms with van der Waals surface area (Å²) in [7, 11) is 0. The molecule has 0 aliphatic carbocycles. The molecule has 0 aliphatic rings. The molecule has 3 aromatic carbocycles. The van der Waals surface area contributed by atoms with E-state index in [1.54, 1.807) is 19.1 Å². The average Bonchev–Trinajstić information content (AvgIpc) is 3.26. The fourth-order valence-electron chi connectivity index (χ4n) is 4.79. The van der Waals surface area contributed by atoms with Crippen LogP contribution < -0.4 is 15.5 Å². The van der Waals surface area contributed by atoms with Gasteiger partial charge in [0.25, 0.3) is 11.8 Å². The van der Waals surface area contributed by atoms with Gasteiger partial charge in [-0.3, -0.25) is 19.0 Å². The first-order chi connectivity index (χ1) is 21.4. The van der Waals surface area contributed by atoms with Crippen molar-refractivity contribution in [2.75, 3.05) is 17.3 Å². The van der Waals surface area contributed by atoms with E-state index < -0.39 is 40.3 Å². The Bertz CT molecular complexity index is 1840. The van der Waals surface area contributed by atoms with Gasteiger partial charge in [0.15, 0.2) is 0 Å². The van der Waals surface area contributed by atoms with Crippen LogP contribution >= 0.6 is 34.7 Å². The number of carbonyl (C=O) groups is 2. The van der Waals surface area contributed by atoms with Crippen molar-refractivity contribution in [2.24, 2.45) is 0 Å². The second kappa shape index (κ2) is 13.3. The summed E-state index contributed by atoms with van der Waals surface area (Å²) in [5.41, 5.74) is -5.83. The van der Waals surface area contributed by atoms with Crippen LogP contribution in [0.2, 0.25) is 5.02 Å². The maximum atomic E-state index is 14.6. The Morgan fingerprint density at radius 1 is 0.978 bits per heavy atom. The summed E-state index contributed by atoms with van der Waals surface area (Å²) in [6, 6.07) is 10.6. The minimum atomic E-state index is -6.28. The van der Waals surface area contributed by atoms with Gasteiger partial charge in [-0.2, -0.15) is 38.1 Å². The highest BCUT2D eigenvalue weighted by atomic mass is 35.5. The van der Waals surface area contributed by atoms with Gasteiger partial charge < -0.3 is 10.6 Å². The van der Waals surface area contributed by atoms with Gasteiger partial charge in [-0.25, -0.2) is 4.39 Å². The number of thiazole rings is 1. The summed E-state index contributed by atoms with van der Waals surface area (Å²) >= 11 is 8.20. The minimum Gasteiger partial charge on any atom is -0.349 e. The molecule has 0 spiro atoms. The molecule has 1 heterocycles. The fraction of sp³-hybridized carbons (Fsp3) is 0.300. The van der Waals surface area contributed by atoms with E-state index in [9.17, 15) is 45.1 Å². The fourth-order valence-corrected chi connectivity index (χ4v) is 6.56. The number of aryl methyl sites for hydroxylation is 1. The number of thioether (sulfide) groups is 1. The van der Waals surface area contributed by atoms with E-state index in [1.165, 1.54) is 36.0 Å². The lowest BCUT2D eigenvalue weighted by Gasteiger charge is -2.30. The van der Waals surface area contributed by atoms with Gasteiger partial charge in [0, 0.05) is 23.0 Å². The minimum absolute atomic E-state index is 0.00577. The Morgan fingerprint density at radius 2 is 1.65 bits per heavy atom. The van der Waals surface area contributed by atoms with Crippen LogP contribution in [0, 0.1) is 6.92 Å². The number of nitrogens with one attached hydrogen (secondary N) is 2. The zero-order chi connectivity index (χ0) is 34.2. The third-order valence-electron chi connectivity index (χ3n) is 7.01. The van der Waals surface area contributed by atoms with Crippen molar-refractivity contribution in [1.29, 1.82) is 0 Å². The zero-order valence-electron chi connectivity index (χ0n) is 24.2. The molecule has 2 amide bonds. The SMILES string of the molecule is CSC[C@H](C)NC(=O)c1c(Cl)cccc1C(=O)Nc1ccc(Cn2c(=O)sc3cc(C(F)(C(F)(F)F)C(F)(F)F)ccc32)cc1C. The number of hydrogen-bond acceptors (Lipinski definition) is 5. The maximum absolute atomic E-state index is 14.6. The van der Waals surface area contributed by atoms with Crippen LogP contribution in [-0.4, -0.2) is 46.8 Å². The Kier molecular flexibility index (Phi) is 10.2. The molecule has 1 atom stereocenters. The number of alkyl halides is 7. The van der Waals surface area contributed by atoms with Crippen LogP contribution in [-0.2, 0) is 12.2 Å². The first-order valence-corrected chi connectivity index (χ1v) is 15.9. The Balaban J connectivity index is 1.59. The number of rotatable bonds is 9. The van der Waals surface area contributed by atoms with Crippen molar-refractivity contribution in [2.45, 2.75) is 44.5 Å². The summed E-state index contributed by atoms with van der Waals surface area (Å²) in [4.78, 5) is 38.2. The second-order valence-corrected chi connectivity index (χ2v) is 12.7. The van der Waals surface area contributed by atoms with Crippen LogP contribution in [0.25, 0.3) is 10.2 Å². The van der Waals surface area contributed by atoms with E-state index in [-0.39, 0.29) is 39.0 Å². The number of aromatic nitrogens is 1. The predicted octanol–water partition coefficient (Wildman–Crippen LogP) is 8.10. The molecule has 0 fully saturated rings. The molecular formula is C30H25ClF7N3O3S2. The number of halogens is 8. The summed E-state index contributed by atoms with van der Waals surface area (Å²) in [6.07, 6.45) is -10.7. The quantitative estimate of drug-likeness (QED) is 0.172. The third-order valence-corrected chi connectivity index (χ3v) is 9.10. The molecule has 0 radical (unpaired) electrons. The van der Waals surface area contributed by atoms with Crippen molar-refractivity contribution in [3.05, 3.63) is 97.1 Å². The lowest BCUT2D eigenvalue weighted by Crippen LogP contribution is -2.50. The van der Waals surface area contributed by atoms with E-state index in [2.05, 4.69) is 10.6 Å². The van der Waals surface area contributed by atoms with Gasteiger partial charge in [0.2, 0.25) is 0 Å². The molecule has 0 unspecified atom stereocenters. The van der Waals surface area contributed by atoms with Gasteiger partial charge in [0.1, 0.15) is 0 Å². The molecule has 16 heteroatoms. The lowest BCUT2D eigenvalue weighted by molar-refractivity contribution is -0.348. The van der Waals surface area contributed by atoms with Crippen molar-refractivity contribution >= 4 is 62.4 Å². The van der Waals surface area contributed by atoms with Gasteiger partial charge >= 0.3 is 22.9 Å². The van der Waals surface area contributed by atoms with Crippen LogP contribution in [0.5, 0.6) is 0 Å². The van der Waals surface area contributed by atoms with Gasteiger partial charge in [-0.05, 0) is 61.6 Å². The zero-order valence-corrected chi connectivity index (χ0v) is 26.6. The van der Waals surface area contributed by atoms with Crippen LogP contribution in [0.3, 0.4) is 0 Å². The topological polar surface area (TPSA) is 80.2 Å². The molecule has 0 bridgehead atoms. The van der Waals surface area contributed by atoms with Crippen molar-refractivity contribution in [3.8, 4) is 0 Å². The number of fused-ring (bicyclic) bond motifs is 1. The highest BCUT2D eigenvalue weighted by Crippen LogP contribution is 2.53. The number of benzene rings is 3. The molecule has 2 N–H and O–H groups in total. The molecule has 0 saturated heterocycles. The third kappa shape index (κ3) is 6.91. The first kappa shape index (κ1) is 35.3. The standard InChI is InChI=1S/C30H25ClF7N3O3S2/c1-15-11-17(7-9-21(15)40-25(42)19-5-4-6-20(31)24(19)26(43)39-16(2)14-45-3)13-41-22-10-8-18(12-23(22)46-27(41)44)28(32,29(33,34)35)30(36,37)38/h4-12,16H,13-14H2,1-3H3,(H,39,43)(H,40,42)/t16-/m0/s1. The normalized spacial score (nSPS) is 13.1. The van der Waals surface area contributed by atoms with E-state index in [0.29, 0.717) is 46.0 Å². The Hall–Kier alpha value is -3.56. The second-order valence-electron chi connectivity index (χ2n) is 10.4. The van der Waals surface area contributed by atoms with Crippen LogP contribution in [0.1, 0.15) is 44.3 Å². The maximum Gasteiger partial charge on any atom is 0.435 e. The van der Waals surface area contributed by atoms with Crippen molar-refractivity contribution in [1.82, 2.24) is 9.88 Å². The van der Waals surface area contributed by atoms with E-state index in [1.807, 2.05) is 13.2 Å². The summed E-state index contributed by atoms with van der Waals surface area (Å²) in [5.74, 6) is -0.482. The largest absolute Gasteiger partial charge is 0.435 e. The molecule has 46 heavy (non-hydrogen) atoms. The average molecular weight is 708 g/mol. The van der Waals surface area contributed by atoms with E-state index in [4.69, 9.17) is 11.6 Å². The Morgan fingerprint density at radius 3 is 2.26 bits per heavy atom. The van der Waals surface area contributed by atoms with Gasteiger partial charge in [0.05, 0.1) is 32.9 Å². The van der Waals surface area contributed by atoms with E-state index in [0.717, 1.165) is 10.6 Å². The number of anilines is 1. The van der Waals surface area contributed by atoms with Gasteiger partial charge in [-0.1, -0.05) is 47.2 Å². The summed E-state index contributed by atoms with van der Waals surface area (Å²) < 4.78 is 94.9. The molecule has 0 saturated carbocycles. The first-order valence-electron chi connectivity index (χ1n) is 13.3. The number of amides is 2. The summed E-state index contributed by atoms with van der Waals surface area (Å²) in [6.45, 7) is 3.35. The van der Waals surface area contributed by atoms with Crippen molar-refractivity contribution < 1.29 is 40.3 Å². The number of carbonyl (C=O) groups excluding carboxylic acids is 2. The molecule has 4 rings (SSSR count). The molecule has 246 valence electrons. The van der Waals surface area contributed by atoms with Crippen LogP contribution in [0.15, 0.2) is 59.4 Å². The van der Waals surface area contributed by atoms with Crippen LogP contribution in [0.4, 0.5) is 36.4 Å².